The molecule has 0 amide bonds. The average Bonchev–Trinajstić information content (AvgIpc) is 2.77. The van der Waals surface area contributed by atoms with E-state index in [0.29, 0.717) is 0 Å². The lowest BCUT2D eigenvalue weighted by Gasteiger charge is -2.32. The van der Waals surface area contributed by atoms with E-state index in [-0.39, 0.29) is 18.3 Å². The van der Waals surface area contributed by atoms with Crippen molar-refractivity contribution in [2.75, 3.05) is 20.2 Å². The highest BCUT2D eigenvalue weighted by Gasteiger charge is 2.51. The Morgan fingerprint density at radius 1 is 1.04 bits per heavy atom. The van der Waals surface area contributed by atoms with Gasteiger partial charge in [-0.2, -0.15) is 0 Å². The first-order valence-electron chi connectivity index (χ1n) is 9.07. The Labute approximate surface area is 146 Å². The summed E-state index contributed by atoms with van der Waals surface area (Å²) >= 11 is 0. The number of rotatable bonds is 4. The fourth-order valence-corrected chi connectivity index (χ4v) is 3.38. The minimum Gasteiger partial charge on any atom is -0.496 e. The molecule has 0 atom stereocenters. The summed E-state index contributed by atoms with van der Waals surface area (Å²) in [5.74, 6) is 0.924. The maximum atomic E-state index is 6.15. The third kappa shape index (κ3) is 3.49. The Hall–Kier alpha value is -1.04. The molecule has 0 radical (unpaired) electrons. The minimum absolute atomic E-state index is 0.322. The van der Waals surface area contributed by atoms with Gasteiger partial charge in [-0.3, -0.25) is 4.90 Å². The average molecular weight is 331 g/mol. The molecule has 2 heterocycles. The molecule has 1 aromatic carbocycles. The van der Waals surface area contributed by atoms with Crippen LogP contribution in [0, 0.1) is 0 Å². The lowest BCUT2D eigenvalue weighted by molar-refractivity contribution is 0.00578. The van der Waals surface area contributed by atoms with Crippen LogP contribution in [0.15, 0.2) is 18.2 Å². The predicted molar refractivity (Wildman–Crippen MR) is 97.8 cm³/mol. The van der Waals surface area contributed by atoms with Crippen molar-refractivity contribution in [3.63, 3.8) is 0 Å². The second kappa shape index (κ2) is 6.70. The molecule has 2 aliphatic rings. The van der Waals surface area contributed by atoms with Gasteiger partial charge in [0.2, 0.25) is 0 Å². The van der Waals surface area contributed by atoms with E-state index in [4.69, 9.17) is 14.0 Å². The molecule has 5 heteroatoms. The molecular formula is C19H30BNO3. The van der Waals surface area contributed by atoms with Crippen LogP contribution in [0.3, 0.4) is 0 Å². The topological polar surface area (TPSA) is 30.9 Å². The van der Waals surface area contributed by atoms with Crippen LogP contribution < -0.4 is 10.2 Å². The Balaban J connectivity index is 1.77. The third-order valence-electron chi connectivity index (χ3n) is 5.68. The Morgan fingerprint density at radius 3 is 2.25 bits per heavy atom. The van der Waals surface area contributed by atoms with Gasteiger partial charge in [0.1, 0.15) is 5.75 Å². The molecule has 1 aromatic rings. The Kier molecular flexibility index (Phi) is 4.96. The van der Waals surface area contributed by atoms with Crippen molar-refractivity contribution in [3.05, 3.63) is 23.8 Å². The van der Waals surface area contributed by atoms with Gasteiger partial charge < -0.3 is 14.0 Å². The number of piperidine rings is 1. The molecule has 2 saturated heterocycles. The quantitative estimate of drug-likeness (QED) is 0.794. The fraction of sp³-hybridized carbons (Fsp3) is 0.684. The molecule has 0 aromatic heterocycles. The first kappa shape index (κ1) is 17.8. The molecule has 0 N–H and O–H groups in total. The standard InChI is InChI=1S/C19H30BNO3/c1-18(2)19(3,4)24-20(23-18)16-10-9-15(17(13-16)22-5)14-21-11-7-6-8-12-21/h9-10,13H,6-8,11-12,14H2,1-5H3. The molecule has 4 nitrogen and oxygen atoms in total. The van der Waals surface area contributed by atoms with E-state index in [2.05, 4.69) is 50.8 Å². The van der Waals surface area contributed by atoms with Crippen molar-refractivity contribution in [1.82, 2.24) is 4.90 Å². The fourth-order valence-electron chi connectivity index (χ4n) is 3.38. The molecule has 0 unspecified atom stereocenters. The highest BCUT2D eigenvalue weighted by Crippen LogP contribution is 2.36. The zero-order valence-electron chi connectivity index (χ0n) is 15.7. The van der Waals surface area contributed by atoms with Gasteiger partial charge in [0.15, 0.2) is 0 Å². The SMILES string of the molecule is COc1cc(B2OC(C)(C)C(C)(C)O2)ccc1CN1CCCCC1. The van der Waals surface area contributed by atoms with E-state index in [1.165, 1.54) is 37.9 Å². The minimum atomic E-state index is -0.340. The summed E-state index contributed by atoms with van der Waals surface area (Å²) < 4.78 is 18.0. The van der Waals surface area contributed by atoms with Gasteiger partial charge in [0.05, 0.1) is 18.3 Å². The van der Waals surface area contributed by atoms with Gasteiger partial charge in [-0.15, -0.1) is 0 Å². The van der Waals surface area contributed by atoms with Crippen LogP contribution in [-0.2, 0) is 15.9 Å². The van der Waals surface area contributed by atoms with E-state index in [9.17, 15) is 0 Å². The molecule has 2 aliphatic heterocycles. The summed E-state index contributed by atoms with van der Waals surface area (Å²) in [5, 5.41) is 0. The number of ether oxygens (including phenoxy) is 1. The van der Waals surface area contributed by atoms with Crippen LogP contribution >= 0.6 is 0 Å². The maximum Gasteiger partial charge on any atom is 0.494 e. The summed E-state index contributed by atoms with van der Waals surface area (Å²) in [6.07, 6.45) is 3.96. The van der Waals surface area contributed by atoms with Crippen molar-refractivity contribution in [2.45, 2.75) is 64.7 Å². The number of methoxy groups -OCH3 is 1. The number of hydrogen-bond acceptors (Lipinski definition) is 4. The normalized spacial score (nSPS) is 23.5. The van der Waals surface area contributed by atoms with Crippen LogP contribution in [0.2, 0.25) is 0 Å². The summed E-state index contributed by atoms with van der Waals surface area (Å²) in [4.78, 5) is 2.51. The molecule has 3 rings (SSSR count). The van der Waals surface area contributed by atoms with Gasteiger partial charge in [-0.05, 0) is 65.2 Å². The zero-order valence-corrected chi connectivity index (χ0v) is 15.7. The van der Waals surface area contributed by atoms with E-state index >= 15 is 0 Å². The van der Waals surface area contributed by atoms with Gasteiger partial charge >= 0.3 is 7.12 Å². The maximum absolute atomic E-state index is 6.15. The summed E-state index contributed by atoms with van der Waals surface area (Å²) in [5.41, 5.74) is 1.61. The zero-order chi connectivity index (χ0) is 17.4. The van der Waals surface area contributed by atoms with E-state index in [1.807, 2.05) is 0 Å². The second-order valence-electron chi connectivity index (χ2n) is 8.00. The number of nitrogens with zero attached hydrogens (tertiary/aromatic N) is 1. The monoisotopic (exact) mass is 331 g/mol. The predicted octanol–water partition coefficient (Wildman–Crippen LogP) is 2.98. The number of hydrogen-bond donors (Lipinski definition) is 0. The number of benzene rings is 1. The summed E-state index contributed by atoms with van der Waals surface area (Å²) in [7, 11) is 1.40. The molecule has 24 heavy (non-hydrogen) atoms. The van der Waals surface area contributed by atoms with Crippen molar-refractivity contribution in [3.8, 4) is 5.75 Å². The summed E-state index contributed by atoms with van der Waals surface area (Å²) in [6, 6.07) is 6.35. The molecular weight excluding hydrogens is 301 g/mol. The molecule has 0 aliphatic carbocycles. The lowest BCUT2D eigenvalue weighted by atomic mass is 9.78. The molecule has 2 fully saturated rings. The summed E-state index contributed by atoms with van der Waals surface area (Å²) in [6.45, 7) is 11.6. The van der Waals surface area contributed by atoms with Crippen LogP contribution in [0.25, 0.3) is 0 Å². The first-order chi connectivity index (χ1) is 11.3. The van der Waals surface area contributed by atoms with Crippen molar-refractivity contribution in [1.29, 1.82) is 0 Å². The van der Waals surface area contributed by atoms with E-state index in [0.717, 1.165) is 17.8 Å². The smallest absolute Gasteiger partial charge is 0.494 e. The molecule has 132 valence electrons. The molecule has 0 bridgehead atoms. The van der Waals surface area contributed by atoms with Gasteiger partial charge in [-0.25, -0.2) is 0 Å². The van der Waals surface area contributed by atoms with Crippen LogP contribution in [0.5, 0.6) is 5.75 Å². The third-order valence-corrected chi connectivity index (χ3v) is 5.68. The second-order valence-corrected chi connectivity index (χ2v) is 8.00. The van der Waals surface area contributed by atoms with Crippen LogP contribution in [-0.4, -0.2) is 43.4 Å². The van der Waals surface area contributed by atoms with Crippen molar-refractivity contribution in [2.24, 2.45) is 0 Å². The highest BCUT2D eigenvalue weighted by atomic mass is 16.7. The van der Waals surface area contributed by atoms with Crippen LogP contribution in [0.4, 0.5) is 0 Å². The van der Waals surface area contributed by atoms with Gasteiger partial charge in [0, 0.05) is 12.1 Å². The van der Waals surface area contributed by atoms with Gasteiger partial charge in [-0.1, -0.05) is 18.6 Å². The lowest BCUT2D eigenvalue weighted by Crippen LogP contribution is -2.41. The molecule has 0 spiro atoms. The Bertz CT molecular complexity index is 566. The van der Waals surface area contributed by atoms with Gasteiger partial charge in [0.25, 0.3) is 0 Å². The largest absolute Gasteiger partial charge is 0.496 e. The molecule has 0 saturated carbocycles. The Morgan fingerprint density at radius 2 is 1.67 bits per heavy atom. The number of likely N-dealkylation sites (tertiary alicyclic amines) is 1. The van der Waals surface area contributed by atoms with Crippen molar-refractivity contribution < 1.29 is 14.0 Å². The van der Waals surface area contributed by atoms with Crippen LogP contribution in [0.1, 0.15) is 52.5 Å². The first-order valence-corrected chi connectivity index (χ1v) is 9.07. The van der Waals surface area contributed by atoms with E-state index in [1.54, 1.807) is 7.11 Å². The highest BCUT2D eigenvalue weighted by molar-refractivity contribution is 6.62. The van der Waals surface area contributed by atoms with Crippen molar-refractivity contribution >= 4 is 12.6 Å². The van der Waals surface area contributed by atoms with E-state index < -0.39 is 0 Å².